The second-order valence-corrected chi connectivity index (χ2v) is 9.10. The lowest BCUT2D eigenvalue weighted by molar-refractivity contribution is -0.121. The number of hydrogen-bond acceptors (Lipinski definition) is 5. The van der Waals surface area contributed by atoms with Crippen LogP contribution < -0.4 is 10.9 Å². The maximum atomic E-state index is 14.0. The molecule has 1 fully saturated rings. The number of carbonyl (C=O) groups is 2. The molecule has 2 aliphatic rings. The number of hydrogen-bond donors (Lipinski definition) is 2. The normalized spacial score (nSPS) is 20.6. The first kappa shape index (κ1) is 22.3. The Morgan fingerprint density at radius 1 is 1.24 bits per heavy atom. The number of H-pyrrole nitrogens is 1. The largest absolute Gasteiger partial charge is 0.461 e. The van der Waals surface area contributed by atoms with Crippen LogP contribution in [-0.4, -0.2) is 52.1 Å². The van der Waals surface area contributed by atoms with Gasteiger partial charge >= 0.3 is 5.97 Å². The second kappa shape index (κ2) is 8.72. The molecule has 5 rings (SSSR count). The smallest absolute Gasteiger partial charge is 0.356 e. The molecule has 2 aliphatic heterocycles. The Hall–Kier alpha value is -3.46. The van der Waals surface area contributed by atoms with Gasteiger partial charge in [0.2, 0.25) is 5.91 Å². The number of fused-ring (bicyclic) bond motifs is 5. The molecule has 9 heteroatoms. The van der Waals surface area contributed by atoms with E-state index in [4.69, 9.17) is 4.74 Å². The number of carbonyl (C=O) groups excluding carboxylic acids is 2. The van der Waals surface area contributed by atoms with Crippen LogP contribution in [0.4, 0.5) is 10.1 Å². The molecule has 1 amide bonds. The standard InChI is InChI=1S/C25H27FN4O4/c1-3-34-25(33)23-22(18-10-17(26)7-8-19(18)27-23)28-24(32)14(2)29-11-15-9-16(13-29)20-5-4-6-21(31)30(20)12-15/h4-8,10,14-16,27H,3,9,11-13H2,1-2H3,(H,28,32)/t14-,15-,16+/m0/s1. The summed E-state index contributed by atoms with van der Waals surface area (Å²) in [5.41, 5.74) is 1.87. The zero-order valence-corrected chi connectivity index (χ0v) is 19.1. The number of nitrogens with one attached hydrogen (secondary N) is 2. The molecule has 34 heavy (non-hydrogen) atoms. The highest BCUT2D eigenvalue weighted by atomic mass is 19.1. The minimum absolute atomic E-state index is 0.0181. The highest BCUT2D eigenvalue weighted by Crippen LogP contribution is 2.36. The monoisotopic (exact) mass is 466 g/mol. The van der Waals surface area contributed by atoms with E-state index < -0.39 is 17.8 Å². The minimum Gasteiger partial charge on any atom is -0.461 e. The summed E-state index contributed by atoms with van der Waals surface area (Å²) in [7, 11) is 0. The maximum Gasteiger partial charge on any atom is 0.356 e. The van der Waals surface area contributed by atoms with E-state index >= 15 is 0 Å². The van der Waals surface area contributed by atoms with Gasteiger partial charge in [-0.3, -0.25) is 14.5 Å². The average molecular weight is 467 g/mol. The lowest BCUT2D eigenvalue weighted by Gasteiger charge is -2.44. The summed E-state index contributed by atoms with van der Waals surface area (Å²) >= 11 is 0. The fourth-order valence-corrected chi connectivity index (χ4v) is 5.29. The van der Waals surface area contributed by atoms with E-state index in [0.29, 0.717) is 30.5 Å². The van der Waals surface area contributed by atoms with Gasteiger partial charge in [0.25, 0.3) is 5.56 Å². The zero-order chi connectivity index (χ0) is 24.0. The van der Waals surface area contributed by atoms with Gasteiger partial charge in [-0.25, -0.2) is 9.18 Å². The first-order valence-electron chi connectivity index (χ1n) is 11.6. The number of aromatic nitrogens is 2. The number of piperidine rings is 1. The Morgan fingerprint density at radius 2 is 2.06 bits per heavy atom. The van der Waals surface area contributed by atoms with Gasteiger partial charge < -0.3 is 19.6 Å². The fraction of sp³-hybridized carbons (Fsp3) is 0.400. The van der Waals surface area contributed by atoms with Crippen LogP contribution >= 0.6 is 0 Å². The molecule has 0 unspecified atom stereocenters. The number of likely N-dealkylation sites (tertiary alicyclic amines) is 1. The van der Waals surface area contributed by atoms with Crippen LogP contribution in [0.5, 0.6) is 0 Å². The number of anilines is 1. The van der Waals surface area contributed by atoms with Crippen molar-refractivity contribution in [3.05, 3.63) is 64.0 Å². The van der Waals surface area contributed by atoms with Gasteiger partial charge in [-0.2, -0.15) is 0 Å². The number of ether oxygens (including phenoxy) is 1. The summed E-state index contributed by atoms with van der Waals surface area (Å²) in [4.78, 5) is 43.2. The first-order chi connectivity index (χ1) is 16.4. The highest BCUT2D eigenvalue weighted by Gasteiger charge is 2.37. The van der Waals surface area contributed by atoms with Crippen LogP contribution in [0, 0.1) is 11.7 Å². The second-order valence-electron chi connectivity index (χ2n) is 9.10. The molecule has 2 aromatic heterocycles. The Bertz CT molecular complexity index is 1330. The summed E-state index contributed by atoms with van der Waals surface area (Å²) in [5.74, 6) is -0.922. The van der Waals surface area contributed by atoms with E-state index in [1.807, 2.05) is 17.6 Å². The van der Waals surface area contributed by atoms with Crippen LogP contribution in [0.3, 0.4) is 0 Å². The highest BCUT2D eigenvalue weighted by molar-refractivity contribution is 6.11. The van der Waals surface area contributed by atoms with Crippen molar-refractivity contribution in [2.24, 2.45) is 5.92 Å². The molecule has 8 nitrogen and oxygen atoms in total. The van der Waals surface area contributed by atoms with Gasteiger partial charge in [0.15, 0.2) is 0 Å². The number of halogens is 1. The summed E-state index contributed by atoms with van der Waals surface area (Å²) < 4.78 is 20.9. The minimum atomic E-state index is -0.614. The van der Waals surface area contributed by atoms with Gasteiger partial charge in [0.1, 0.15) is 11.5 Å². The lowest BCUT2D eigenvalue weighted by Crippen LogP contribution is -2.52. The van der Waals surface area contributed by atoms with Gasteiger partial charge in [0.05, 0.1) is 18.3 Å². The van der Waals surface area contributed by atoms with E-state index in [-0.39, 0.29) is 41.3 Å². The molecule has 0 aliphatic carbocycles. The Balaban J connectivity index is 1.40. The van der Waals surface area contributed by atoms with Crippen molar-refractivity contribution in [2.45, 2.75) is 38.8 Å². The van der Waals surface area contributed by atoms with E-state index in [1.165, 1.54) is 18.2 Å². The van der Waals surface area contributed by atoms with E-state index in [0.717, 1.165) is 12.1 Å². The maximum absolute atomic E-state index is 14.0. The predicted molar refractivity (Wildman–Crippen MR) is 125 cm³/mol. The molecule has 3 atom stereocenters. The average Bonchev–Trinajstić information content (AvgIpc) is 3.17. The van der Waals surface area contributed by atoms with Crippen molar-refractivity contribution in [2.75, 3.05) is 25.0 Å². The van der Waals surface area contributed by atoms with Crippen molar-refractivity contribution in [1.29, 1.82) is 0 Å². The van der Waals surface area contributed by atoms with Crippen molar-refractivity contribution in [3.8, 4) is 0 Å². The van der Waals surface area contributed by atoms with E-state index in [9.17, 15) is 18.8 Å². The van der Waals surface area contributed by atoms with E-state index in [1.54, 1.807) is 19.1 Å². The molecule has 0 saturated carbocycles. The number of benzene rings is 1. The number of aromatic amines is 1. The molecule has 178 valence electrons. The topological polar surface area (TPSA) is 96.4 Å². The van der Waals surface area contributed by atoms with Crippen molar-refractivity contribution in [1.82, 2.24) is 14.5 Å². The number of nitrogens with zero attached hydrogens (tertiary/aromatic N) is 2. The molecular weight excluding hydrogens is 439 g/mol. The van der Waals surface area contributed by atoms with Crippen LogP contribution in [0.2, 0.25) is 0 Å². The van der Waals surface area contributed by atoms with Crippen molar-refractivity contribution >= 4 is 28.5 Å². The predicted octanol–water partition coefficient (Wildman–Crippen LogP) is 3.09. The number of pyridine rings is 1. The van der Waals surface area contributed by atoms with Gasteiger partial charge in [-0.15, -0.1) is 0 Å². The molecule has 1 aromatic carbocycles. The SMILES string of the molecule is CCOC(=O)c1[nH]c2ccc(F)cc2c1NC(=O)[C@H](C)N1C[C@@H]2C[C@H](C1)c1cccc(=O)n1C2. The Kier molecular flexibility index (Phi) is 5.73. The third-order valence-electron chi connectivity index (χ3n) is 6.92. The van der Waals surface area contributed by atoms with Crippen molar-refractivity contribution in [3.63, 3.8) is 0 Å². The molecule has 4 heterocycles. The third-order valence-corrected chi connectivity index (χ3v) is 6.92. The summed E-state index contributed by atoms with van der Waals surface area (Å²) in [6.07, 6.45) is 0.989. The summed E-state index contributed by atoms with van der Waals surface area (Å²) in [6.45, 7) is 5.69. The van der Waals surface area contributed by atoms with Gasteiger partial charge in [-0.05, 0) is 50.5 Å². The lowest BCUT2D eigenvalue weighted by atomic mass is 9.82. The summed E-state index contributed by atoms with van der Waals surface area (Å²) in [5, 5.41) is 3.27. The molecule has 2 N–H and O–H groups in total. The number of rotatable bonds is 5. The molecule has 1 saturated heterocycles. The first-order valence-corrected chi connectivity index (χ1v) is 11.6. The van der Waals surface area contributed by atoms with Crippen LogP contribution in [0.25, 0.3) is 10.9 Å². The molecule has 0 spiro atoms. The van der Waals surface area contributed by atoms with Crippen LogP contribution in [-0.2, 0) is 16.1 Å². The van der Waals surface area contributed by atoms with E-state index in [2.05, 4.69) is 15.2 Å². The zero-order valence-electron chi connectivity index (χ0n) is 19.1. The quantitative estimate of drug-likeness (QED) is 0.564. The van der Waals surface area contributed by atoms with Crippen LogP contribution in [0.1, 0.15) is 42.4 Å². The Morgan fingerprint density at radius 3 is 2.85 bits per heavy atom. The van der Waals surface area contributed by atoms with Gasteiger partial charge in [-0.1, -0.05) is 6.07 Å². The summed E-state index contributed by atoms with van der Waals surface area (Å²) in [6, 6.07) is 8.98. The van der Waals surface area contributed by atoms with Gasteiger partial charge in [0, 0.05) is 48.2 Å². The molecular formula is C25H27FN4O4. The third kappa shape index (κ3) is 3.90. The van der Waals surface area contributed by atoms with Crippen molar-refractivity contribution < 1.29 is 18.7 Å². The Labute approximate surface area is 195 Å². The molecule has 2 bridgehead atoms. The number of esters is 1. The fourth-order valence-electron chi connectivity index (χ4n) is 5.29. The number of amides is 1. The van der Waals surface area contributed by atoms with Crippen LogP contribution in [0.15, 0.2) is 41.2 Å². The molecule has 0 radical (unpaired) electrons. The molecule has 3 aromatic rings.